The van der Waals surface area contributed by atoms with Gasteiger partial charge in [0, 0.05) is 31.7 Å². The molecule has 1 aromatic rings. The fraction of sp³-hybridized carbons (Fsp3) is 0.550. The van der Waals surface area contributed by atoms with Gasteiger partial charge in [-0.1, -0.05) is 12.1 Å². The average Bonchev–Trinajstić information content (AvgIpc) is 3.05. The molecule has 3 heterocycles. The van der Waals surface area contributed by atoms with Gasteiger partial charge in [0.25, 0.3) is 0 Å². The molecule has 2 amide bonds. The smallest absolute Gasteiger partial charge is 0.317 e. The van der Waals surface area contributed by atoms with Crippen molar-refractivity contribution in [2.24, 2.45) is 0 Å². The molecule has 0 spiro atoms. The molecule has 3 aliphatic rings. The van der Waals surface area contributed by atoms with E-state index in [2.05, 4.69) is 10.2 Å². The van der Waals surface area contributed by atoms with Crippen LogP contribution < -0.4 is 10.2 Å². The first kappa shape index (κ1) is 18.9. The van der Waals surface area contributed by atoms with E-state index in [1.807, 2.05) is 18.2 Å². The third-order valence-electron chi connectivity index (χ3n) is 6.06. The van der Waals surface area contributed by atoms with Crippen LogP contribution in [0, 0.1) is 0 Å². The van der Waals surface area contributed by atoms with Gasteiger partial charge >= 0.3 is 5.97 Å². The number of nitrogens with one attached hydrogen (secondary N) is 1. The second-order valence-electron chi connectivity index (χ2n) is 7.79. The lowest BCUT2D eigenvalue weighted by atomic mass is 9.86. The van der Waals surface area contributed by atoms with Gasteiger partial charge in [0.05, 0.1) is 18.5 Å². The second-order valence-corrected chi connectivity index (χ2v) is 7.79. The molecule has 3 atom stereocenters. The van der Waals surface area contributed by atoms with Crippen molar-refractivity contribution in [2.75, 3.05) is 31.1 Å². The Morgan fingerprint density at radius 1 is 1.21 bits per heavy atom. The van der Waals surface area contributed by atoms with Gasteiger partial charge in [-0.15, -0.1) is 0 Å². The van der Waals surface area contributed by atoms with Crippen LogP contribution in [-0.2, 0) is 20.8 Å². The Labute approximate surface area is 162 Å². The van der Waals surface area contributed by atoms with Crippen molar-refractivity contribution in [3.05, 3.63) is 29.3 Å². The highest BCUT2D eigenvalue weighted by molar-refractivity contribution is 6.01. The lowest BCUT2D eigenvalue weighted by Crippen LogP contribution is -2.53. The number of nitrogens with zero attached hydrogens (tertiary/aromatic N) is 2. The molecular weight excluding hydrogens is 365 g/mol. The maximum atomic E-state index is 14.9. The van der Waals surface area contributed by atoms with E-state index in [4.69, 9.17) is 5.11 Å². The Morgan fingerprint density at radius 2 is 2.04 bits per heavy atom. The number of piperidine rings is 2. The van der Waals surface area contributed by atoms with Crippen LogP contribution in [0.5, 0.6) is 0 Å². The van der Waals surface area contributed by atoms with Crippen molar-refractivity contribution in [3.8, 4) is 0 Å². The van der Waals surface area contributed by atoms with E-state index >= 15 is 0 Å². The summed E-state index contributed by atoms with van der Waals surface area (Å²) >= 11 is 0. The predicted molar refractivity (Wildman–Crippen MR) is 100.0 cm³/mol. The van der Waals surface area contributed by atoms with Gasteiger partial charge in [-0.05, 0) is 36.5 Å². The number of alkyl halides is 1. The van der Waals surface area contributed by atoms with E-state index in [0.29, 0.717) is 32.4 Å². The van der Waals surface area contributed by atoms with Gasteiger partial charge in [0.15, 0.2) is 0 Å². The van der Waals surface area contributed by atoms with Crippen LogP contribution in [0.2, 0.25) is 0 Å². The van der Waals surface area contributed by atoms with E-state index in [9.17, 15) is 18.8 Å². The number of amides is 2. The van der Waals surface area contributed by atoms with Crippen LogP contribution >= 0.6 is 0 Å². The fourth-order valence-corrected chi connectivity index (χ4v) is 4.79. The van der Waals surface area contributed by atoms with Crippen molar-refractivity contribution in [1.82, 2.24) is 10.2 Å². The first-order valence-corrected chi connectivity index (χ1v) is 9.74. The number of aliphatic carboxylic acids is 1. The molecule has 0 aliphatic carbocycles. The van der Waals surface area contributed by atoms with Crippen LogP contribution in [0.3, 0.4) is 0 Å². The predicted octanol–water partition coefficient (Wildman–Crippen LogP) is 1.07. The molecule has 1 aromatic carbocycles. The van der Waals surface area contributed by atoms with E-state index in [1.54, 1.807) is 4.90 Å². The molecule has 28 heavy (non-hydrogen) atoms. The number of likely N-dealkylation sites (tertiary alicyclic amines) is 1. The Morgan fingerprint density at radius 3 is 2.75 bits per heavy atom. The SMILES string of the molecule is O=C(O)CN1CC[C@H](N2CCc3c([C@H]4CCC(=O)NC4=O)cccc32)[C@H](F)C1. The number of hydrogen-bond acceptors (Lipinski definition) is 5. The maximum absolute atomic E-state index is 14.9. The molecule has 8 heteroatoms. The number of hydrogen-bond donors (Lipinski definition) is 2. The molecule has 0 bridgehead atoms. The van der Waals surface area contributed by atoms with Crippen molar-refractivity contribution in [1.29, 1.82) is 0 Å². The minimum Gasteiger partial charge on any atom is -0.480 e. The third-order valence-corrected chi connectivity index (χ3v) is 6.06. The fourth-order valence-electron chi connectivity index (χ4n) is 4.79. The molecule has 2 saturated heterocycles. The van der Waals surface area contributed by atoms with Crippen LogP contribution in [0.25, 0.3) is 0 Å². The maximum Gasteiger partial charge on any atom is 0.317 e. The normalized spacial score (nSPS) is 28.2. The summed E-state index contributed by atoms with van der Waals surface area (Å²) in [6, 6.07) is 5.50. The monoisotopic (exact) mass is 389 g/mol. The molecule has 0 saturated carbocycles. The minimum absolute atomic E-state index is 0.121. The van der Waals surface area contributed by atoms with E-state index < -0.39 is 12.1 Å². The summed E-state index contributed by atoms with van der Waals surface area (Å²) in [6.07, 6.45) is 1.01. The standard InChI is InChI=1S/C20H24FN3O4/c21-15-10-23(11-19(26)27)8-7-17(15)24-9-6-13-12(2-1-3-16(13)24)14-4-5-18(25)22-20(14)28/h1-3,14-15,17H,4-11H2,(H,26,27)(H,22,25,28)/t14-,15-,17+/m1/s1. The van der Waals surface area contributed by atoms with Crippen LogP contribution in [0.15, 0.2) is 18.2 Å². The molecule has 7 nitrogen and oxygen atoms in total. The Kier molecular flexibility index (Phi) is 5.05. The Bertz CT molecular complexity index is 815. The van der Waals surface area contributed by atoms with Crippen molar-refractivity contribution >= 4 is 23.5 Å². The summed E-state index contributed by atoms with van der Waals surface area (Å²) in [6.45, 7) is 1.22. The van der Waals surface area contributed by atoms with Gasteiger partial charge < -0.3 is 10.0 Å². The zero-order chi connectivity index (χ0) is 19.8. The number of fused-ring (bicyclic) bond motifs is 1. The lowest BCUT2D eigenvalue weighted by molar-refractivity contribution is -0.139. The number of carboxylic acids is 1. The summed E-state index contributed by atoms with van der Waals surface area (Å²) in [7, 11) is 0. The first-order valence-electron chi connectivity index (χ1n) is 9.74. The number of halogens is 1. The summed E-state index contributed by atoms with van der Waals surface area (Å²) in [5, 5.41) is 11.3. The molecule has 2 N–H and O–H groups in total. The molecule has 4 rings (SSSR count). The number of imide groups is 1. The summed E-state index contributed by atoms with van der Waals surface area (Å²) < 4.78 is 14.9. The van der Waals surface area contributed by atoms with E-state index in [-0.39, 0.29) is 36.9 Å². The molecule has 0 aromatic heterocycles. The first-order chi connectivity index (χ1) is 13.4. The van der Waals surface area contributed by atoms with Crippen molar-refractivity contribution in [2.45, 2.75) is 43.8 Å². The van der Waals surface area contributed by atoms with E-state index in [1.165, 1.54) is 0 Å². The van der Waals surface area contributed by atoms with Crippen LogP contribution in [-0.4, -0.2) is 66.2 Å². The van der Waals surface area contributed by atoms with Crippen LogP contribution in [0.4, 0.5) is 10.1 Å². The van der Waals surface area contributed by atoms with Crippen molar-refractivity contribution < 1.29 is 23.9 Å². The highest BCUT2D eigenvalue weighted by Gasteiger charge is 2.38. The van der Waals surface area contributed by atoms with Gasteiger partial charge in [-0.3, -0.25) is 24.6 Å². The number of rotatable bonds is 4. The number of carboxylic acid groups (broad SMARTS) is 1. The average molecular weight is 389 g/mol. The molecular formula is C20H24FN3O4. The molecule has 0 radical (unpaired) electrons. The van der Waals surface area contributed by atoms with E-state index in [0.717, 1.165) is 23.2 Å². The van der Waals surface area contributed by atoms with Gasteiger partial charge in [0.2, 0.25) is 11.8 Å². The number of carbonyl (C=O) groups excluding carboxylic acids is 2. The van der Waals surface area contributed by atoms with Gasteiger partial charge in [-0.2, -0.15) is 0 Å². The summed E-state index contributed by atoms with van der Waals surface area (Å²) in [5.41, 5.74) is 2.96. The quantitative estimate of drug-likeness (QED) is 0.749. The number of anilines is 1. The zero-order valence-electron chi connectivity index (χ0n) is 15.6. The Hall–Kier alpha value is -2.48. The summed E-state index contributed by atoms with van der Waals surface area (Å²) in [4.78, 5) is 38.4. The molecule has 150 valence electrons. The largest absolute Gasteiger partial charge is 0.480 e. The molecule has 0 unspecified atom stereocenters. The lowest BCUT2D eigenvalue weighted by Gasteiger charge is -2.40. The number of carbonyl (C=O) groups is 3. The Balaban J connectivity index is 1.53. The second kappa shape index (κ2) is 7.50. The molecule has 3 aliphatic heterocycles. The van der Waals surface area contributed by atoms with Gasteiger partial charge in [-0.25, -0.2) is 4.39 Å². The topological polar surface area (TPSA) is 89.9 Å². The van der Waals surface area contributed by atoms with Gasteiger partial charge in [0.1, 0.15) is 6.17 Å². The van der Waals surface area contributed by atoms with Crippen LogP contribution in [0.1, 0.15) is 36.3 Å². The summed E-state index contributed by atoms with van der Waals surface area (Å²) in [5.74, 6) is -1.77. The highest BCUT2D eigenvalue weighted by atomic mass is 19.1. The van der Waals surface area contributed by atoms with Crippen molar-refractivity contribution in [3.63, 3.8) is 0 Å². The minimum atomic E-state index is -1.13. The zero-order valence-corrected chi connectivity index (χ0v) is 15.6. The molecule has 2 fully saturated rings. The highest BCUT2D eigenvalue weighted by Crippen LogP contribution is 2.39. The third kappa shape index (κ3) is 3.48. The number of benzene rings is 1.